The monoisotopic (exact) mass is 309 g/mol. The van der Waals surface area contributed by atoms with Crippen LogP contribution in [0.1, 0.15) is 19.4 Å². The number of carbonyl (C=O) groups is 1. The van der Waals surface area contributed by atoms with Gasteiger partial charge in [0.05, 0.1) is 17.8 Å². The Morgan fingerprint density at radius 3 is 2.78 bits per heavy atom. The molecule has 1 amide bonds. The maximum Gasteiger partial charge on any atom is 0.239 e. The molecule has 0 spiro atoms. The van der Waals surface area contributed by atoms with Gasteiger partial charge in [0.25, 0.3) is 0 Å². The number of likely N-dealkylation sites (N-methyl/N-ethyl adjacent to an activating group) is 1. The maximum atomic E-state index is 11.7. The van der Waals surface area contributed by atoms with Crippen molar-refractivity contribution in [1.29, 1.82) is 5.26 Å². The molecule has 0 bridgehead atoms. The van der Waals surface area contributed by atoms with Crippen LogP contribution in [0.4, 0.5) is 5.69 Å². The number of rotatable bonds is 4. The molecule has 0 radical (unpaired) electrons. The molecule has 1 aromatic carbocycles. The van der Waals surface area contributed by atoms with Gasteiger partial charge in [-0.1, -0.05) is 6.07 Å². The summed E-state index contributed by atoms with van der Waals surface area (Å²) in [4.78, 5) is 13.4. The molecule has 1 N–H and O–H groups in total. The third-order valence-electron chi connectivity index (χ3n) is 2.35. The second-order valence-corrected chi connectivity index (χ2v) is 5.18. The minimum atomic E-state index is -0.0589. The molecular weight excluding hydrogens is 294 g/mol. The second-order valence-electron chi connectivity index (χ2n) is 4.32. The highest BCUT2D eigenvalue weighted by Crippen LogP contribution is 2.26. The molecule has 0 saturated heterocycles. The quantitative estimate of drug-likeness (QED) is 0.928. The molecule has 0 fully saturated rings. The Hall–Kier alpha value is -1.54. The van der Waals surface area contributed by atoms with E-state index in [1.54, 1.807) is 11.9 Å². The molecule has 0 aliphatic rings. The SMILES string of the molecule is CC(C)NC(=O)CN(C)c1cccc(Br)c1C#N. The summed E-state index contributed by atoms with van der Waals surface area (Å²) in [5.74, 6) is -0.0589. The summed E-state index contributed by atoms with van der Waals surface area (Å²) in [6, 6.07) is 7.73. The molecule has 18 heavy (non-hydrogen) atoms. The first kappa shape index (κ1) is 14.5. The van der Waals surface area contributed by atoms with Crippen LogP contribution in [0.25, 0.3) is 0 Å². The van der Waals surface area contributed by atoms with Crippen LogP contribution in [-0.4, -0.2) is 25.5 Å². The Morgan fingerprint density at radius 1 is 1.56 bits per heavy atom. The van der Waals surface area contributed by atoms with Gasteiger partial charge in [0.1, 0.15) is 6.07 Å². The van der Waals surface area contributed by atoms with Crippen LogP contribution in [0.5, 0.6) is 0 Å². The number of benzene rings is 1. The zero-order valence-electron chi connectivity index (χ0n) is 10.7. The number of anilines is 1. The van der Waals surface area contributed by atoms with Gasteiger partial charge >= 0.3 is 0 Å². The average Bonchev–Trinajstić information content (AvgIpc) is 2.27. The lowest BCUT2D eigenvalue weighted by molar-refractivity contribution is -0.120. The summed E-state index contributed by atoms with van der Waals surface area (Å²) in [5.41, 5.74) is 1.28. The zero-order chi connectivity index (χ0) is 13.7. The standard InChI is InChI=1S/C13H16BrN3O/c1-9(2)16-13(18)8-17(3)12-6-4-5-11(14)10(12)7-15/h4-6,9H,8H2,1-3H3,(H,16,18). The van der Waals surface area contributed by atoms with E-state index < -0.39 is 0 Å². The van der Waals surface area contributed by atoms with Crippen LogP contribution < -0.4 is 10.2 Å². The molecule has 1 aromatic rings. The Bertz CT molecular complexity index is 480. The fraction of sp³-hybridized carbons (Fsp3) is 0.385. The second kappa shape index (κ2) is 6.41. The van der Waals surface area contributed by atoms with E-state index in [-0.39, 0.29) is 18.5 Å². The van der Waals surface area contributed by atoms with Crippen molar-refractivity contribution in [2.75, 3.05) is 18.5 Å². The van der Waals surface area contributed by atoms with Crippen molar-refractivity contribution in [3.63, 3.8) is 0 Å². The summed E-state index contributed by atoms with van der Waals surface area (Å²) in [6.45, 7) is 4.05. The van der Waals surface area contributed by atoms with E-state index in [1.165, 1.54) is 0 Å². The third kappa shape index (κ3) is 3.74. The van der Waals surface area contributed by atoms with E-state index in [9.17, 15) is 4.79 Å². The van der Waals surface area contributed by atoms with Gasteiger partial charge in [0.15, 0.2) is 0 Å². The van der Waals surface area contributed by atoms with Crippen LogP contribution in [0.3, 0.4) is 0 Å². The lowest BCUT2D eigenvalue weighted by Crippen LogP contribution is -2.38. The van der Waals surface area contributed by atoms with Gasteiger partial charge < -0.3 is 10.2 Å². The topological polar surface area (TPSA) is 56.1 Å². The highest BCUT2D eigenvalue weighted by Gasteiger charge is 2.13. The summed E-state index contributed by atoms with van der Waals surface area (Å²) < 4.78 is 0.735. The lowest BCUT2D eigenvalue weighted by Gasteiger charge is -2.21. The first-order valence-corrected chi connectivity index (χ1v) is 6.44. The van der Waals surface area contributed by atoms with E-state index in [0.717, 1.165) is 10.2 Å². The molecule has 0 atom stereocenters. The van der Waals surface area contributed by atoms with Crippen molar-refractivity contribution in [3.05, 3.63) is 28.2 Å². The van der Waals surface area contributed by atoms with Crippen molar-refractivity contribution in [2.24, 2.45) is 0 Å². The van der Waals surface area contributed by atoms with E-state index in [2.05, 4.69) is 27.3 Å². The van der Waals surface area contributed by atoms with Crippen LogP contribution >= 0.6 is 15.9 Å². The first-order valence-electron chi connectivity index (χ1n) is 5.64. The van der Waals surface area contributed by atoms with Crippen LogP contribution in [0, 0.1) is 11.3 Å². The molecule has 0 heterocycles. The lowest BCUT2D eigenvalue weighted by atomic mass is 10.2. The third-order valence-corrected chi connectivity index (χ3v) is 3.01. The van der Waals surface area contributed by atoms with Gasteiger partial charge in [-0.3, -0.25) is 4.79 Å². The van der Waals surface area contributed by atoms with E-state index in [4.69, 9.17) is 5.26 Å². The number of nitrogens with one attached hydrogen (secondary N) is 1. The smallest absolute Gasteiger partial charge is 0.239 e. The Morgan fingerprint density at radius 2 is 2.22 bits per heavy atom. The molecule has 0 aliphatic carbocycles. The molecule has 0 aliphatic heterocycles. The summed E-state index contributed by atoms with van der Waals surface area (Å²) >= 11 is 3.33. The normalized spacial score (nSPS) is 10.0. The summed E-state index contributed by atoms with van der Waals surface area (Å²) in [6.07, 6.45) is 0. The number of halogens is 1. The van der Waals surface area contributed by atoms with E-state index >= 15 is 0 Å². The number of nitrogens with zero attached hydrogens (tertiary/aromatic N) is 2. The molecule has 1 rings (SSSR count). The van der Waals surface area contributed by atoms with Crippen molar-refractivity contribution in [1.82, 2.24) is 5.32 Å². The number of hydrogen-bond acceptors (Lipinski definition) is 3. The van der Waals surface area contributed by atoms with Gasteiger partial charge in [-0.15, -0.1) is 0 Å². The van der Waals surface area contributed by atoms with Crippen molar-refractivity contribution < 1.29 is 4.79 Å². The van der Waals surface area contributed by atoms with Crippen LogP contribution in [0.15, 0.2) is 22.7 Å². The number of nitriles is 1. The van der Waals surface area contributed by atoms with Gasteiger partial charge in [0.2, 0.25) is 5.91 Å². The van der Waals surface area contributed by atoms with Crippen molar-refractivity contribution >= 4 is 27.5 Å². The van der Waals surface area contributed by atoms with E-state index in [0.29, 0.717) is 5.56 Å². The predicted molar refractivity (Wildman–Crippen MR) is 75.4 cm³/mol. The average molecular weight is 310 g/mol. The number of amides is 1. The van der Waals surface area contributed by atoms with Crippen molar-refractivity contribution in [2.45, 2.75) is 19.9 Å². The Labute approximate surface area is 116 Å². The van der Waals surface area contributed by atoms with Crippen molar-refractivity contribution in [3.8, 4) is 6.07 Å². The highest BCUT2D eigenvalue weighted by atomic mass is 79.9. The maximum absolute atomic E-state index is 11.7. The van der Waals surface area contributed by atoms with Crippen LogP contribution in [0.2, 0.25) is 0 Å². The number of hydrogen-bond donors (Lipinski definition) is 1. The molecule has 0 unspecified atom stereocenters. The highest BCUT2D eigenvalue weighted by molar-refractivity contribution is 9.10. The molecule has 0 saturated carbocycles. The zero-order valence-corrected chi connectivity index (χ0v) is 12.3. The predicted octanol–water partition coefficient (Wildman–Crippen LogP) is 2.28. The van der Waals surface area contributed by atoms with Gasteiger partial charge in [0, 0.05) is 17.6 Å². The fourth-order valence-electron chi connectivity index (χ4n) is 1.61. The summed E-state index contributed by atoms with van der Waals surface area (Å²) in [5, 5.41) is 11.9. The van der Waals surface area contributed by atoms with Gasteiger partial charge in [-0.2, -0.15) is 5.26 Å². The molecule has 96 valence electrons. The van der Waals surface area contributed by atoms with Gasteiger partial charge in [-0.25, -0.2) is 0 Å². The fourth-order valence-corrected chi connectivity index (χ4v) is 2.05. The summed E-state index contributed by atoms with van der Waals surface area (Å²) in [7, 11) is 1.79. The largest absolute Gasteiger partial charge is 0.364 e. The van der Waals surface area contributed by atoms with Crippen LogP contribution in [-0.2, 0) is 4.79 Å². The molecule has 4 nitrogen and oxygen atoms in total. The minimum Gasteiger partial charge on any atom is -0.364 e. The first-order chi connectivity index (χ1) is 8.45. The van der Waals surface area contributed by atoms with Gasteiger partial charge in [-0.05, 0) is 41.9 Å². The molecular formula is C13H16BrN3O. The number of carbonyl (C=O) groups excluding carboxylic acids is 1. The van der Waals surface area contributed by atoms with E-state index in [1.807, 2.05) is 32.0 Å². The Balaban J connectivity index is 2.85. The Kier molecular flexibility index (Phi) is 5.17. The minimum absolute atomic E-state index is 0.0589. The molecule has 0 aromatic heterocycles. The molecule has 5 heteroatoms.